The third-order valence-corrected chi connectivity index (χ3v) is 5.35. The summed E-state index contributed by atoms with van der Waals surface area (Å²) < 4.78 is 4.85. The minimum atomic E-state index is -1.01. The third kappa shape index (κ3) is 8.58. The van der Waals surface area contributed by atoms with Crippen molar-refractivity contribution in [2.45, 2.75) is 33.1 Å². The number of esters is 1. The van der Waals surface area contributed by atoms with Crippen LogP contribution in [0.25, 0.3) is 21.5 Å². The number of carboxylic acids is 1. The van der Waals surface area contributed by atoms with E-state index in [4.69, 9.17) is 14.7 Å². The number of oxime groups is 1. The summed E-state index contributed by atoms with van der Waals surface area (Å²) in [5.74, 6) is -1.96. The fourth-order valence-electron chi connectivity index (χ4n) is 3.20. The molecule has 192 valence electrons. The quantitative estimate of drug-likeness (QED) is 0.0659. The Balaban J connectivity index is 0.000000283. The van der Waals surface area contributed by atoms with Crippen LogP contribution in [0, 0.1) is 0 Å². The number of hydrogen-bond donors (Lipinski definition) is 1. The first kappa shape index (κ1) is 28.7. The zero-order chi connectivity index (χ0) is 27.4. The fourth-order valence-corrected chi connectivity index (χ4v) is 3.20. The Kier molecular flexibility index (Phi) is 11.0. The first-order valence-electron chi connectivity index (χ1n) is 11.7. The molecule has 3 aromatic rings. The molecule has 0 spiro atoms. The lowest BCUT2D eigenvalue weighted by atomic mass is 9.97. The minimum Gasteiger partial charge on any atom is -0.478 e. The molecule has 0 aromatic heterocycles. The third-order valence-electron chi connectivity index (χ3n) is 5.35. The number of nitrogens with zero attached hydrogens (tertiary/aromatic N) is 1. The van der Waals surface area contributed by atoms with Crippen molar-refractivity contribution in [3.8, 4) is 0 Å². The van der Waals surface area contributed by atoms with Crippen LogP contribution in [0.1, 0.15) is 38.7 Å². The van der Waals surface area contributed by atoms with Crippen molar-refractivity contribution in [1.82, 2.24) is 0 Å². The predicted octanol–water partition coefficient (Wildman–Crippen LogP) is 6.36. The van der Waals surface area contributed by atoms with E-state index in [0.717, 1.165) is 27.1 Å². The molecule has 3 rings (SSSR count). The van der Waals surface area contributed by atoms with Crippen molar-refractivity contribution in [1.29, 1.82) is 0 Å². The number of rotatable bonds is 10. The molecule has 37 heavy (non-hydrogen) atoms. The average molecular weight is 502 g/mol. The largest absolute Gasteiger partial charge is 0.478 e. The Labute approximate surface area is 216 Å². The van der Waals surface area contributed by atoms with Crippen LogP contribution in [0.3, 0.4) is 0 Å². The Morgan fingerprint density at radius 3 is 2.00 bits per heavy atom. The standard InChI is InChI=1S/C19H15NO2.C11H16O4/c1-13(2)19(21)22-20-12-18-16-9-5-3-7-14(16)11-15-8-4-6-10-17(15)18;1-4-8(2)11(14)15-7-5-6-9(3)10(12)13/h3-12H,1H2,2H3;2-7H2,1H3,(H,12,13). The Bertz CT molecular complexity index is 1320. The van der Waals surface area contributed by atoms with Crippen molar-refractivity contribution in [3.63, 3.8) is 0 Å². The number of carbonyl (C=O) groups excluding carboxylic acids is 2. The summed E-state index contributed by atoms with van der Waals surface area (Å²) in [6.07, 6.45) is 2.93. The molecule has 0 unspecified atom stereocenters. The van der Waals surface area contributed by atoms with Crippen molar-refractivity contribution in [3.05, 3.63) is 96.6 Å². The second kappa shape index (κ2) is 14.1. The van der Waals surface area contributed by atoms with E-state index in [1.807, 2.05) is 43.3 Å². The van der Waals surface area contributed by atoms with E-state index < -0.39 is 17.9 Å². The molecule has 0 heterocycles. The lowest BCUT2D eigenvalue weighted by molar-refractivity contribution is -0.139. The second-order valence-corrected chi connectivity index (χ2v) is 8.23. The molecular formula is C30H31NO6. The molecule has 0 aliphatic rings. The van der Waals surface area contributed by atoms with Crippen molar-refractivity contribution in [2.24, 2.45) is 5.16 Å². The molecule has 7 heteroatoms. The molecule has 0 radical (unpaired) electrons. The molecule has 1 N–H and O–H groups in total. The molecule has 0 atom stereocenters. The van der Waals surface area contributed by atoms with E-state index in [1.54, 1.807) is 13.1 Å². The van der Waals surface area contributed by atoms with Gasteiger partial charge in [0.15, 0.2) is 0 Å². The summed E-state index contributed by atoms with van der Waals surface area (Å²) in [6, 6.07) is 18.3. The van der Waals surface area contributed by atoms with Crippen LogP contribution < -0.4 is 0 Å². The molecule has 0 saturated heterocycles. The number of carboxylic acid groups (broad SMARTS) is 1. The van der Waals surface area contributed by atoms with E-state index in [0.29, 0.717) is 30.4 Å². The lowest BCUT2D eigenvalue weighted by Gasteiger charge is -2.07. The summed E-state index contributed by atoms with van der Waals surface area (Å²) in [4.78, 5) is 37.7. The van der Waals surface area contributed by atoms with E-state index in [9.17, 15) is 14.4 Å². The van der Waals surface area contributed by atoms with E-state index in [2.05, 4.69) is 43.1 Å². The molecule has 7 nitrogen and oxygen atoms in total. The molecule has 0 aliphatic carbocycles. The number of fused-ring (bicyclic) bond motifs is 2. The van der Waals surface area contributed by atoms with Gasteiger partial charge in [-0.1, -0.05) is 80.3 Å². The molecule has 3 aromatic carbocycles. The van der Waals surface area contributed by atoms with Gasteiger partial charge in [0, 0.05) is 22.3 Å². The predicted molar refractivity (Wildman–Crippen MR) is 146 cm³/mol. The van der Waals surface area contributed by atoms with Crippen molar-refractivity contribution in [2.75, 3.05) is 6.61 Å². The van der Waals surface area contributed by atoms with Crippen LogP contribution in [0.5, 0.6) is 0 Å². The Morgan fingerprint density at radius 1 is 0.919 bits per heavy atom. The summed E-state index contributed by atoms with van der Waals surface area (Å²) >= 11 is 0. The highest BCUT2D eigenvalue weighted by molar-refractivity contribution is 6.13. The van der Waals surface area contributed by atoms with Crippen LogP contribution in [-0.2, 0) is 24.0 Å². The van der Waals surface area contributed by atoms with Gasteiger partial charge in [0.2, 0.25) is 0 Å². The maximum atomic E-state index is 11.4. The van der Waals surface area contributed by atoms with Gasteiger partial charge >= 0.3 is 17.9 Å². The van der Waals surface area contributed by atoms with Gasteiger partial charge in [0.05, 0.1) is 12.8 Å². The van der Waals surface area contributed by atoms with Crippen LogP contribution in [0.2, 0.25) is 0 Å². The first-order chi connectivity index (χ1) is 17.6. The highest BCUT2D eigenvalue weighted by atomic mass is 16.7. The number of carbonyl (C=O) groups is 3. The highest BCUT2D eigenvalue weighted by Crippen LogP contribution is 2.27. The van der Waals surface area contributed by atoms with Crippen LogP contribution in [-0.4, -0.2) is 35.8 Å². The topological polar surface area (TPSA) is 102 Å². The Morgan fingerprint density at radius 2 is 1.49 bits per heavy atom. The van der Waals surface area contributed by atoms with Gasteiger partial charge in [-0.05, 0) is 53.8 Å². The van der Waals surface area contributed by atoms with E-state index in [-0.39, 0.29) is 12.2 Å². The Hall–Kier alpha value is -4.52. The van der Waals surface area contributed by atoms with Gasteiger partial charge in [0.25, 0.3) is 0 Å². The molecular weight excluding hydrogens is 470 g/mol. The van der Waals surface area contributed by atoms with E-state index in [1.165, 1.54) is 0 Å². The maximum Gasteiger partial charge on any atom is 0.360 e. The zero-order valence-corrected chi connectivity index (χ0v) is 21.2. The van der Waals surface area contributed by atoms with Crippen LogP contribution in [0.4, 0.5) is 0 Å². The summed E-state index contributed by atoms with van der Waals surface area (Å²) in [7, 11) is 0. The van der Waals surface area contributed by atoms with Crippen LogP contribution in [0.15, 0.2) is 96.2 Å². The summed E-state index contributed by atoms with van der Waals surface area (Å²) in [6.45, 7) is 14.0. The molecule has 0 saturated carbocycles. The molecule has 0 bridgehead atoms. The van der Waals surface area contributed by atoms with Gasteiger partial charge in [-0.15, -0.1) is 0 Å². The normalized spacial score (nSPS) is 10.4. The molecule has 0 aliphatic heterocycles. The number of ether oxygens (including phenoxy) is 1. The van der Waals surface area contributed by atoms with E-state index >= 15 is 0 Å². The van der Waals surface area contributed by atoms with Gasteiger partial charge < -0.3 is 14.7 Å². The van der Waals surface area contributed by atoms with Gasteiger partial charge in [-0.2, -0.15) is 0 Å². The van der Waals surface area contributed by atoms with Gasteiger partial charge in [-0.3, -0.25) is 0 Å². The zero-order valence-electron chi connectivity index (χ0n) is 21.2. The SMILES string of the molecule is C=C(C)C(=O)ON=Cc1c2ccccc2cc2ccccc12.C=C(CCCOC(=O)C(=C)CC)C(=O)O. The minimum absolute atomic E-state index is 0.125. The number of benzene rings is 3. The monoisotopic (exact) mass is 501 g/mol. The van der Waals surface area contributed by atoms with Crippen LogP contribution >= 0.6 is 0 Å². The maximum absolute atomic E-state index is 11.4. The van der Waals surface area contributed by atoms with Gasteiger partial charge in [-0.25, -0.2) is 14.4 Å². The smallest absolute Gasteiger partial charge is 0.360 e. The number of aliphatic carboxylic acids is 1. The first-order valence-corrected chi connectivity index (χ1v) is 11.7. The van der Waals surface area contributed by atoms with Gasteiger partial charge in [0.1, 0.15) is 0 Å². The lowest BCUT2D eigenvalue weighted by Crippen LogP contribution is -2.08. The highest BCUT2D eigenvalue weighted by Gasteiger charge is 2.08. The fraction of sp³-hybridized carbons (Fsp3) is 0.200. The molecule has 0 amide bonds. The number of hydrogen-bond acceptors (Lipinski definition) is 6. The van der Waals surface area contributed by atoms with Crippen molar-refractivity contribution < 1.29 is 29.1 Å². The van der Waals surface area contributed by atoms with Crippen molar-refractivity contribution >= 4 is 45.7 Å². The molecule has 0 fully saturated rings. The summed E-state index contributed by atoms with van der Waals surface area (Å²) in [5, 5.41) is 16.7. The second-order valence-electron chi connectivity index (χ2n) is 8.23. The summed E-state index contributed by atoms with van der Waals surface area (Å²) in [5.41, 5.74) is 1.80. The average Bonchev–Trinajstić information content (AvgIpc) is 2.89.